The van der Waals surface area contributed by atoms with Crippen LogP contribution in [0.2, 0.25) is 36.3 Å². The van der Waals surface area contributed by atoms with Gasteiger partial charge in [-0.2, -0.15) is 0 Å². The predicted molar refractivity (Wildman–Crippen MR) is 99.5 cm³/mol. The van der Waals surface area contributed by atoms with E-state index in [1.807, 2.05) is 13.0 Å². The zero-order valence-electron chi connectivity index (χ0n) is 16.1. The first-order valence-corrected chi connectivity index (χ1v) is 13.6. The quantitative estimate of drug-likeness (QED) is 0.328. The Hall–Kier alpha value is -0.486. The van der Waals surface area contributed by atoms with Crippen LogP contribution in [0, 0.1) is 0 Å². The third-order valence-corrected chi connectivity index (χ3v) is 13.6. The summed E-state index contributed by atoms with van der Waals surface area (Å²) >= 11 is 0. The summed E-state index contributed by atoms with van der Waals surface area (Å²) in [5.74, 6) is 1.63. The van der Waals surface area contributed by atoms with Crippen molar-refractivity contribution in [1.82, 2.24) is 0 Å². The van der Waals surface area contributed by atoms with Gasteiger partial charge in [-0.1, -0.05) is 48.1 Å². The minimum atomic E-state index is -1.82. The topological polar surface area (TPSA) is 18.5 Å². The Kier molecular flexibility index (Phi) is 6.18. The summed E-state index contributed by atoms with van der Waals surface area (Å²) in [6.07, 6.45) is 1.95. The summed E-state index contributed by atoms with van der Waals surface area (Å²) in [5.41, 5.74) is 0. The summed E-state index contributed by atoms with van der Waals surface area (Å²) in [6, 6.07) is 0. The van der Waals surface area contributed by atoms with Crippen LogP contribution in [0.4, 0.5) is 0 Å². The van der Waals surface area contributed by atoms with Crippen molar-refractivity contribution >= 4 is 16.6 Å². The Morgan fingerprint density at radius 3 is 1.48 bits per heavy atom. The van der Waals surface area contributed by atoms with Crippen molar-refractivity contribution in [3.8, 4) is 0 Å². The maximum Gasteiger partial charge on any atom is 0.250 e. The van der Waals surface area contributed by atoms with E-state index in [4.69, 9.17) is 8.85 Å². The zero-order chi connectivity index (χ0) is 17.3. The van der Waals surface area contributed by atoms with Crippen LogP contribution < -0.4 is 0 Å². The van der Waals surface area contributed by atoms with E-state index < -0.39 is 16.6 Å². The molecular weight excluding hydrogens is 292 g/mol. The van der Waals surface area contributed by atoms with Crippen molar-refractivity contribution in [2.75, 3.05) is 0 Å². The standard InChI is InChI=1S/C17H36O2Si2/c1-14(18-20(9,10)16(3,4)5)13-15(2)19-21(11,12)17(6,7)8/h13H,1H2,2-12H3/b15-13-. The van der Waals surface area contributed by atoms with Gasteiger partial charge in [0.15, 0.2) is 0 Å². The summed E-state index contributed by atoms with van der Waals surface area (Å²) in [4.78, 5) is 0. The molecule has 0 rings (SSSR count). The van der Waals surface area contributed by atoms with Gasteiger partial charge in [0.25, 0.3) is 0 Å². The molecule has 0 atom stereocenters. The molecule has 0 aromatic heterocycles. The first kappa shape index (κ1) is 20.5. The van der Waals surface area contributed by atoms with E-state index in [0.717, 1.165) is 11.5 Å². The maximum atomic E-state index is 6.25. The number of allylic oxidation sites excluding steroid dienone is 2. The zero-order valence-corrected chi connectivity index (χ0v) is 18.1. The Morgan fingerprint density at radius 2 is 1.14 bits per heavy atom. The molecule has 0 aromatic carbocycles. The third-order valence-electron chi connectivity index (χ3n) is 4.78. The average molecular weight is 329 g/mol. The van der Waals surface area contributed by atoms with Crippen LogP contribution in [0.15, 0.2) is 24.2 Å². The van der Waals surface area contributed by atoms with Crippen molar-refractivity contribution in [2.24, 2.45) is 0 Å². The van der Waals surface area contributed by atoms with Gasteiger partial charge < -0.3 is 8.85 Å². The molecule has 21 heavy (non-hydrogen) atoms. The highest BCUT2D eigenvalue weighted by Gasteiger charge is 2.40. The van der Waals surface area contributed by atoms with Crippen LogP contribution in [0.25, 0.3) is 0 Å². The Balaban J connectivity index is 4.92. The first-order chi connectivity index (χ1) is 8.99. The van der Waals surface area contributed by atoms with Gasteiger partial charge >= 0.3 is 0 Å². The Bertz CT molecular complexity index is 407. The molecule has 0 saturated heterocycles. The lowest BCUT2D eigenvalue weighted by atomic mass is 10.2. The van der Waals surface area contributed by atoms with Crippen LogP contribution in [-0.2, 0) is 8.85 Å². The molecule has 0 fully saturated rings. The van der Waals surface area contributed by atoms with Crippen LogP contribution >= 0.6 is 0 Å². The lowest BCUT2D eigenvalue weighted by Gasteiger charge is -2.38. The largest absolute Gasteiger partial charge is 0.547 e. The molecule has 0 aliphatic carbocycles. The molecule has 0 N–H and O–H groups in total. The van der Waals surface area contributed by atoms with Gasteiger partial charge in [-0.05, 0) is 43.2 Å². The van der Waals surface area contributed by atoms with Crippen LogP contribution in [-0.4, -0.2) is 16.6 Å². The second-order valence-corrected chi connectivity index (χ2v) is 18.4. The van der Waals surface area contributed by atoms with E-state index in [2.05, 4.69) is 74.3 Å². The fourth-order valence-electron chi connectivity index (χ4n) is 1.32. The van der Waals surface area contributed by atoms with Gasteiger partial charge in [-0.25, -0.2) is 0 Å². The van der Waals surface area contributed by atoms with Gasteiger partial charge in [0, 0.05) is 6.08 Å². The van der Waals surface area contributed by atoms with E-state index in [-0.39, 0.29) is 10.1 Å². The van der Waals surface area contributed by atoms with E-state index in [9.17, 15) is 0 Å². The molecule has 0 unspecified atom stereocenters. The molecule has 124 valence electrons. The highest BCUT2D eigenvalue weighted by Crippen LogP contribution is 2.39. The van der Waals surface area contributed by atoms with Crippen molar-refractivity contribution < 1.29 is 8.85 Å². The molecule has 0 aromatic rings. The third kappa shape index (κ3) is 6.03. The van der Waals surface area contributed by atoms with E-state index >= 15 is 0 Å². The predicted octanol–water partition coefficient (Wildman–Crippen LogP) is 6.45. The second-order valence-electron chi connectivity index (χ2n) is 8.95. The number of rotatable bonds is 5. The fourth-order valence-corrected chi connectivity index (χ4v) is 3.51. The lowest BCUT2D eigenvalue weighted by molar-refractivity contribution is 0.370. The molecule has 0 aliphatic heterocycles. The lowest BCUT2D eigenvalue weighted by Crippen LogP contribution is -2.41. The summed E-state index contributed by atoms with van der Waals surface area (Å²) in [5, 5.41) is 0.377. The molecule has 0 saturated carbocycles. The first-order valence-electron chi connectivity index (χ1n) is 7.75. The van der Waals surface area contributed by atoms with Crippen LogP contribution in [0.5, 0.6) is 0 Å². The summed E-state index contributed by atoms with van der Waals surface area (Å²) < 4.78 is 12.4. The Morgan fingerprint density at radius 1 is 0.810 bits per heavy atom. The molecule has 2 nitrogen and oxygen atoms in total. The van der Waals surface area contributed by atoms with Gasteiger partial charge in [0.2, 0.25) is 16.6 Å². The monoisotopic (exact) mass is 328 g/mol. The van der Waals surface area contributed by atoms with E-state index in [1.54, 1.807) is 0 Å². The molecule has 0 amide bonds. The van der Waals surface area contributed by atoms with Crippen molar-refractivity contribution in [3.63, 3.8) is 0 Å². The van der Waals surface area contributed by atoms with Crippen molar-refractivity contribution in [2.45, 2.75) is 84.7 Å². The average Bonchev–Trinajstić information content (AvgIpc) is 2.10. The van der Waals surface area contributed by atoms with Crippen LogP contribution in [0.1, 0.15) is 48.5 Å². The van der Waals surface area contributed by atoms with Crippen LogP contribution in [0.3, 0.4) is 0 Å². The maximum absolute atomic E-state index is 6.25. The van der Waals surface area contributed by atoms with Gasteiger partial charge in [-0.3, -0.25) is 0 Å². The summed E-state index contributed by atoms with van der Waals surface area (Å²) in [7, 11) is -3.60. The van der Waals surface area contributed by atoms with E-state index in [1.165, 1.54) is 0 Å². The molecule has 0 aliphatic rings. The highest BCUT2D eigenvalue weighted by atomic mass is 28.4. The minimum Gasteiger partial charge on any atom is -0.547 e. The Labute approximate surface area is 134 Å². The number of hydrogen-bond donors (Lipinski definition) is 0. The molecular formula is C17H36O2Si2. The van der Waals surface area contributed by atoms with Gasteiger partial charge in [0.05, 0.1) is 11.5 Å². The molecule has 0 radical (unpaired) electrons. The molecule has 0 bridgehead atoms. The van der Waals surface area contributed by atoms with Gasteiger partial charge in [0.1, 0.15) is 0 Å². The summed E-state index contributed by atoms with van der Waals surface area (Å²) in [6.45, 7) is 28.5. The van der Waals surface area contributed by atoms with E-state index in [0.29, 0.717) is 0 Å². The molecule has 0 heterocycles. The van der Waals surface area contributed by atoms with Crippen molar-refractivity contribution in [3.05, 3.63) is 24.2 Å². The van der Waals surface area contributed by atoms with Crippen molar-refractivity contribution in [1.29, 1.82) is 0 Å². The smallest absolute Gasteiger partial charge is 0.250 e. The normalized spacial score (nSPS) is 14.9. The molecule has 4 heteroatoms. The highest BCUT2D eigenvalue weighted by molar-refractivity contribution is 6.74. The molecule has 0 spiro atoms. The fraction of sp³-hybridized carbons (Fsp3) is 0.765. The second kappa shape index (κ2) is 6.33. The SMILES string of the molecule is C=C(/C=C(/C)O[Si](C)(C)C(C)(C)C)O[Si](C)(C)C(C)(C)C. The number of hydrogen-bond acceptors (Lipinski definition) is 2. The minimum absolute atomic E-state index is 0.179. The van der Waals surface area contributed by atoms with Gasteiger partial charge in [-0.15, -0.1) is 0 Å².